The third kappa shape index (κ3) is 7.27. The predicted octanol–water partition coefficient (Wildman–Crippen LogP) is 6.39. The van der Waals surface area contributed by atoms with E-state index in [0.29, 0.717) is 37.3 Å². The number of anilines is 2. The van der Waals surface area contributed by atoms with Gasteiger partial charge in [0.25, 0.3) is 0 Å². The summed E-state index contributed by atoms with van der Waals surface area (Å²) in [6.45, 7) is 4.80. The Balaban J connectivity index is 1.03. The van der Waals surface area contributed by atoms with E-state index in [0.717, 1.165) is 35.1 Å². The highest BCUT2D eigenvalue weighted by atomic mass is 16.3. The SMILES string of the molecule is C[C@@](O)(c1ccccc1)N1CCC[C@H]1C(=O)Nc1ccc(/C=C/c2ccc(NC(=O)[C@@H]3CCCN3[C@](C)(O)c3ccccc3)cc2)cc1. The third-order valence-electron chi connectivity index (χ3n) is 9.70. The highest BCUT2D eigenvalue weighted by Gasteiger charge is 2.43. The van der Waals surface area contributed by atoms with Crippen LogP contribution in [0.15, 0.2) is 109 Å². The van der Waals surface area contributed by atoms with Crippen molar-refractivity contribution in [2.75, 3.05) is 23.7 Å². The zero-order chi connectivity index (χ0) is 33.7. The van der Waals surface area contributed by atoms with E-state index in [2.05, 4.69) is 10.6 Å². The van der Waals surface area contributed by atoms with Gasteiger partial charge in [-0.25, -0.2) is 0 Å². The molecule has 2 heterocycles. The van der Waals surface area contributed by atoms with Crippen LogP contribution in [0.1, 0.15) is 61.8 Å². The molecule has 0 unspecified atom stereocenters. The fourth-order valence-corrected chi connectivity index (χ4v) is 6.96. The number of hydrogen-bond acceptors (Lipinski definition) is 6. The van der Waals surface area contributed by atoms with Crippen molar-refractivity contribution in [3.05, 3.63) is 131 Å². The Morgan fingerprint density at radius 3 is 1.31 bits per heavy atom. The monoisotopic (exact) mass is 644 g/mol. The molecule has 8 nitrogen and oxygen atoms in total. The normalized spacial score (nSPS) is 21.1. The van der Waals surface area contributed by atoms with Crippen LogP contribution in [0.25, 0.3) is 12.2 Å². The first kappa shape index (κ1) is 33.3. The van der Waals surface area contributed by atoms with Crippen molar-refractivity contribution in [1.29, 1.82) is 0 Å². The second-order valence-corrected chi connectivity index (χ2v) is 13.0. The van der Waals surface area contributed by atoms with E-state index in [4.69, 9.17) is 0 Å². The second kappa shape index (κ2) is 14.3. The number of amides is 2. The molecule has 0 aliphatic carbocycles. The molecule has 0 spiro atoms. The maximum Gasteiger partial charge on any atom is 0.241 e. The van der Waals surface area contributed by atoms with Gasteiger partial charge in [-0.15, -0.1) is 0 Å². The van der Waals surface area contributed by atoms with Crippen molar-refractivity contribution in [3.63, 3.8) is 0 Å². The maximum absolute atomic E-state index is 13.3. The number of carbonyl (C=O) groups is 2. The third-order valence-corrected chi connectivity index (χ3v) is 9.70. The molecular formula is C40H44N4O4. The molecular weight excluding hydrogens is 600 g/mol. The first-order chi connectivity index (χ1) is 23.1. The van der Waals surface area contributed by atoms with Crippen LogP contribution in [-0.2, 0) is 21.0 Å². The van der Waals surface area contributed by atoms with Gasteiger partial charge in [-0.05, 0) is 86.1 Å². The van der Waals surface area contributed by atoms with E-state index < -0.39 is 23.5 Å². The van der Waals surface area contributed by atoms with Crippen LogP contribution >= 0.6 is 0 Å². The van der Waals surface area contributed by atoms with Gasteiger partial charge in [0.15, 0.2) is 0 Å². The smallest absolute Gasteiger partial charge is 0.241 e. The standard InChI is InChI=1S/C40H44N4O4/c1-39(47,31-11-5-3-6-12-31)43-27-9-15-35(43)37(45)41-33-23-19-29(20-24-33)17-18-30-21-25-34(26-22-30)42-38(46)36-16-10-28-44(36)40(2,48)32-13-7-4-8-14-32/h3-8,11-14,17-26,35-36,47-48H,9-10,15-16,27-28H2,1-2H3,(H,41,45)(H,42,46)/b18-17+/t35-,36-,39+,40+/m0/s1. The van der Waals surface area contributed by atoms with Gasteiger partial charge >= 0.3 is 0 Å². The number of carbonyl (C=O) groups excluding carboxylic acids is 2. The fourth-order valence-electron chi connectivity index (χ4n) is 6.96. The van der Waals surface area contributed by atoms with Gasteiger partial charge in [-0.1, -0.05) is 97.1 Å². The van der Waals surface area contributed by atoms with Crippen LogP contribution in [0.4, 0.5) is 11.4 Å². The molecule has 48 heavy (non-hydrogen) atoms. The molecule has 0 aromatic heterocycles. The van der Waals surface area contributed by atoms with Gasteiger partial charge < -0.3 is 20.8 Å². The zero-order valence-electron chi connectivity index (χ0n) is 27.5. The van der Waals surface area contributed by atoms with Gasteiger partial charge in [0, 0.05) is 24.5 Å². The van der Waals surface area contributed by atoms with Crippen molar-refractivity contribution in [2.24, 2.45) is 0 Å². The van der Waals surface area contributed by atoms with Crippen LogP contribution in [0.5, 0.6) is 0 Å². The second-order valence-electron chi connectivity index (χ2n) is 13.0. The highest BCUT2D eigenvalue weighted by Crippen LogP contribution is 2.34. The molecule has 0 radical (unpaired) electrons. The molecule has 2 saturated heterocycles. The molecule has 2 fully saturated rings. The van der Waals surface area contributed by atoms with Crippen molar-refractivity contribution >= 4 is 35.3 Å². The quantitative estimate of drug-likeness (QED) is 0.149. The Bertz CT molecular complexity index is 1590. The Morgan fingerprint density at radius 1 is 0.604 bits per heavy atom. The summed E-state index contributed by atoms with van der Waals surface area (Å²) >= 11 is 0. The first-order valence-electron chi connectivity index (χ1n) is 16.7. The first-order valence-corrected chi connectivity index (χ1v) is 16.7. The topological polar surface area (TPSA) is 105 Å². The average Bonchev–Trinajstić information content (AvgIpc) is 3.82. The van der Waals surface area contributed by atoms with Crippen molar-refractivity contribution in [3.8, 4) is 0 Å². The predicted molar refractivity (Wildman–Crippen MR) is 191 cm³/mol. The lowest BCUT2D eigenvalue weighted by molar-refractivity contribution is -0.138. The van der Waals surface area contributed by atoms with E-state index >= 15 is 0 Å². The van der Waals surface area contributed by atoms with Gasteiger partial charge in [0.05, 0.1) is 12.1 Å². The maximum atomic E-state index is 13.3. The Kier molecular flexibility index (Phi) is 9.89. The summed E-state index contributed by atoms with van der Waals surface area (Å²) in [4.78, 5) is 30.3. The van der Waals surface area contributed by atoms with Crippen molar-refractivity contribution in [1.82, 2.24) is 9.80 Å². The lowest BCUT2D eigenvalue weighted by Gasteiger charge is -2.38. The van der Waals surface area contributed by atoms with E-state index in [1.54, 1.807) is 13.8 Å². The zero-order valence-corrected chi connectivity index (χ0v) is 27.5. The van der Waals surface area contributed by atoms with Crippen LogP contribution in [0.3, 0.4) is 0 Å². The summed E-state index contributed by atoms with van der Waals surface area (Å²) in [5, 5.41) is 28.7. The Hall–Kier alpha value is -4.60. The Labute approximate surface area is 282 Å². The lowest BCUT2D eigenvalue weighted by atomic mass is 10.0. The Morgan fingerprint density at radius 2 is 0.958 bits per heavy atom. The van der Waals surface area contributed by atoms with Gasteiger partial charge in [-0.3, -0.25) is 19.4 Å². The summed E-state index contributed by atoms with van der Waals surface area (Å²) in [7, 11) is 0. The van der Waals surface area contributed by atoms with E-state index in [1.165, 1.54) is 0 Å². The molecule has 2 aliphatic heterocycles. The highest BCUT2D eigenvalue weighted by molar-refractivity contribution is 5.96. The number of nitrogens with zero attached hydrogens (tertiary/aromatic N) is 2. The fraction of sp³-hybridized carbons (Fsp3) is 0.300. The number of nitrogens with one attached hydrogen (secondary N) is 2. The summed E-state index contributed by atoms with van der Waals surface area (Å²) in [5.74, 6) is -0.247. The minimum Gasteiger partial charge on any atom is -0.372 e. The molecule has 4 aromatic carbocycles. The number of hydrogen-bond donors (Lipinski definition) is 4. The largest absolute Gasteiger partial charge is 0.372 e. The van der Waals surface area contributed by atoms with Gasteiger partial charge in [-0.2, -0.15) is 0 Å². The molecule has 4 N–H and O–H groups in total. The summed E-state index contributed by atoms with van der Waals surface area (Å²) in [6, 6.07) is 33.4. The molecule has 2 aliphatic rings. The van der Waals surface area contributed by atoms with Gasteiger partial charge in [0.2, 0.25) is 11.8 Å². The van der Waals surface area contributed by atoms with Crippen molar-refractivity contribution < 1.29 is 19.8 Å². The number of aliphatic hydroxyl groups is 2. The van der Waals surface area contributed by atoms with Crippen LogP contribution in [-0.4, -0.2) is 57.0 Å². The molecule has 4 aromatic rings. The van der Waals surface area contributed by atoms with Crippen LogP contribution in [0.2, 0.25) is 0 Å². The molecule has 0 bridgehead atoms. The van der Waals surface area contributed by atoms with E-state index in [9.17, 15) is 19.8 Å². The summed E-state index contributed by atoms with van der Waals surface area (Å²) in [6.07, 6.45) is 7.06. The van der Waals surface area contributed by atoms with Gasteiger partial charge in [0.1, 0.15) is 11.4 Å². The minimum atomic E-state index is -1.24. The molecule has 2 amide bonds. The summed E-state index contributed by atoms with van der Waals surface area (Å²) in [5.41, 5.74) is 2.43. The molecule has 4 atom stereocenters. The minimum absolute atomic E-state index is 0.124. The molecule has 0 saturated carbocycles. The van der Waals surface area contributed by atoms with Crippen molar-refractivity contribution in [2.45, 2.75) is 63.1 Å². The molecule has 8 heteroatoms. The number of likely N-dealkylation sites (tertiary alicyclic amines) is 2. The molecule has 6 rings (SSSR count). The lowest BCUT2D eigenvalue weighted by Crippen LogP contribution is -2.50. The molecule has 248 valence electrons. The van der Waals surface area contributed by atoms with Crippen LogP contribution in [0, 0.1) is 0 Å². The summed E-state index contributed by atoms with van der Waals surface area (Å²) < 4.78 is 0. The number of rotatable bonds is 10. The van der Waals surface area contributed by atoms with E-state index in [-0.39, 0.29) is 11.8 Å². The average molecular weight is 645 g/mol. The van der Waals surface area contributed by atoms with Crippen LogP contribution < -0.4 is 10.6 Å². The van der Waals surface area contributed by atoms with E-state index in [1.807, 2.05) is 131 Å². The number of benzene rings is 4.